The number of anilines is 1. The van der Waals surface area contributed by atoms with E-state index in [9.17, 15) is 0 Å². The van der Waals surface area contributed by atoms with Gasteiger partial charge in [0.05, 0.1) is 0 Å². The molecule has 1 saturated heterocycles. The van der Waals surface area contributed by atoms with E-state index in [-0.39, 0.29) is 52.0 Å². The number of halogens is 2. The van der Waals surface area contributed by atoms with Gasteiger partial charge in [-0.1, -0.05) is 18.2 Å². The Bertz CT molecular complexity index is 243. The molecule has 1 aliphatic rings. The van der Waals surface area contributed by atoms with Gasteiger partial charge in [0.1, 0.15) is 0 Å². The minimum absolute atomic E-state index is 0. The topological polar surface area (TPSA) is 50.3 Å². The minimum atomic E-state index is 0. The zero-order chi connectivity index (χ0) is 8.23. The fraction of sp³-hybridized carbons (Fsp3) is 0.400. The van der Waals surface area contributed by atoms with Gasteiger partial charge in [0, 0.05) is 52.9 Å². The Labute approximate surface area is 124 Å². The molecule has 4 N–H and O–H groups in total. The van der Waals surface area contributed by atoms with Crippen LogP contribution in [-0.2, 0) is 21.1 Å². The molecule has 0 aliphatic carbocycles. The molecular weight excluding hydrogens is 428 g/mol. The van der Waals surface area contributed by atoms with E-state index in [2.05, 4.69) is 40.5 Å². The Balaban J connectivity index is -0.000000422. The molecule has 0 unspecified atom stereocenters. The van der Waals surface area contributed by atoms with E-state index in [1.165, 1.54) is 5.69 Å². The third-order valence-corrected chi connectivity index (χ3v) is 2.24. The molecule has 16 heavy (non-hydrogen) atoms. The largest absolute Gasteiger partial charge is 0.369 e. The first-order valence-electron chi connectivity index (χ1n) is 4.47. The molecule has 0 aromatic heterocycles. The molecule has 2 rings (SSSR count). The third kappa shape index (κ3) is 6.07. The molecule has 1 aliphatic heterocycles. The van der Waals surface area contributed by atoms with Gasteiger partial charge in [-0.05, 0) is 12.1 Å². The van der Waals surface area contributed by atoms with Gasteiger partial charge in [-0.2, -0.15) is 0 Å². The standard InChI is InChI=1S/C10H14N2.2ClH.H3N.Pt/c1-2-4-10(5-3-1)12-8-6-11-7-9-12;;;;/h1-5,11H,6-9H2;2*1H;1H3;. The normalized spacial score (nSPS) is 13.4. The molecule has 0 bridgehead atoms. The minimum Gasteiger partial charge on any atom is -0.369 e. The molecule has 0 atom stereocenters. The molecule has 0 amide bonds. The fourth-order valence-corrected chi connectivity index (χ4v) is 1.56. The van der Waals surface area contributed by atoms with Crippen LogP contribution in [0.3, 0.4) is 0 Å². The molecule has 1 aromatic rings. The Morgan fingerprint density at radius 2 is 1.44 bits per heavy atom. The zero-order valence-electron chi connectivity index (χ0n) is 9.00. The number of piperazine rings is 1. The van der Waals surface area contributed by atoms with E-state index in [0.29, 0.717) is 0 Å². The summed E-state index contributed by atoms with van der Waals surface area (Å²) in [6.45, 7) is 4.47. The number of nitrogens with one attached hydrogen (secondary N) is 1. The molecule has 0 spiro atoms. The van der Waals surface area contributed by atoms with Crippen LogP contribution < -0.4 is 16.4 Å². The predicted octanol–water partition coefficient (Wildman–Crippen LogP) is 2.10. The van der Waals surface area contributed by atoms with Crippen LogP contribution >= 0.6 is 24.8 Å². The average Bonchev–Trinajstić information content (AvgIpc) is 2.21. The Kier molecular flexibility index (Phi) is 15.7. The monoisotopic (exact) mass is 446 g/mol. The number of hydrogen-bond acceptors (Lipinski definition) is 3. The smallest absolute Gasteiger partial charge is 0.0367 e. The van der Waals surface area contributed by atoms with Crippen molar-refractivity contribution < 1.29 is 21.1 Å². The van der Waals surface area contributed by atoms with Gasteiger partial charge in [-0.25, -0.2) is 0 Å². The SMILES string of the molecule is Cl.Cl.N.[Pt].c1ccc(N2CCNCC2)cc1. The number of rotatable bonds is 1. The Hall–Kier alpha value is 0.208. The van der Waals surface area contributed by atoms with Gasteiger partial charge in [-0.15, -0.1) is 24.8 Å². The second-order valence-electron chi connectivity index (χ2n) is 3.07. The molecule has 1 aromatic carbocycles. The molecule has 0 radical (unpaired) electrons. The van der Waals surface area contributed by atoms with Crippen molar-refractivity contribution in [3.05, 3.63) is 30.3 Å². The van der Waals surface area contributed by atoms with Crippen LogP contribution in [0.1, 0.15) is 0 Å². The van der Waals surface area contributed by atoms with Crippen molar-refractivity contribution in [2.24, 2.45) is 0 Å². The van der Waals surface area contributed by atoms with Crippen LogP contribution in [0.2, 0.25) is 0 Å². The van der Waals surface area contributed by atoms with E-state index in [0.717, 1.165) is 26.2 Å². The summed E-state index contributed by atoms with van der Waals surface area (Å²) >= 11 is 0. The summed E-state index contributed by atoms with van der Waals surface area (Å²) in [6.07, 6.45) is 0. The Morgan fingerprint density at radius 3 is 1.94 bits per heavy atom. The summed E-state index contributed by atoms with van der Waals surface area (Å²) in [5.74, 6) is 0. The second kappa shape index (κ2) is 11.7. The molecule has 3 nitrogen and oxygen atoms in total. The van der Waals surface area contributed by atoms with Crippen LogP contribution in [0, 0.1) is 0 Å². The van der Waals surface area contributed by atoms with Gasteiger partial charge in [0.25, 0.3) is 0 Å². The first-order chi connectivity index (χ1) is 5.97. The maximum absolute atomic E-state index is 3.34. The van der Waals surface area contributed by atoms with Gasteiger partial charge in [0.2, 0.25) is 0 Å². The van der Waals surface area contributed by atoms with Gasteiger partial charge < -0.3 is 16.4 Å². The molecule has 1 fully saturated rings. The van der Waals surface area contributed by atoms with Gasteiger partial charge in [0.15, 0.2) is 0 Å². The van der Waals surface area contributed by atoms with E-state index >= 15 is 0 Å². The molecule has 98 valence electrons. The summed E-state index contributed by atoms with van der Waals surface area (Å²) in [7, 11) is 0. The van der Waals surface area contributed by atoms with Crippen molar-refractivity contribution in [2.75, 3.05) is 31.1 Å². The molecule has 6 heteroatoms. The molecule has 1 heterocycles. The molecular formula is C10H19Cl2N3Pt. The molecule has 0 saturated carbocycles. The fourth-order valence-electron chi connectivity index (χ4n) is 1.56. The van der Waals surface area contributed by atoms with Crippen molar-refractivity contribution in [1.82, 2.24) is 11.5 Å². The van der Waals surface area contributed by atoms with Crippen molar-refractivity contribution >= 4 is 30.5 Å². The quantitative estimate of drug-likeness (QED) is 0.694. The predicted molar refractivity (Wildman–Crippen MR) is 71.0 cm³/mol. The van der Waals surface area contributed by atoms with Crippen LogP contribution in [0.15, 0.2) is 30.3 Å². The van der Waals surface area contributed by atoms with E-state index in [1.54, 1.807) is 0 Å². The van der Waals surface area contributed by atoms with Crippen molar-refractivity contribution in [2.45, 2.75) is 0 Å². The maximum atomic E-state index is 3.34. The van der Waals surface area contributed by atoms with Crippen LogP contribution in [-0.4, -0.2) is 26.2 Å². The average molecular weight is 447 g/mol. The van der Waals surface area contributed by atoms with Crippen molar-refractivity contribution in [1.29, 1.82) is 0 Å². The first kappa shape index (κ1) is 21.5. The van der Waals surface area contributed by atoms with E-state index in [4.69, 9.17) is 0 Å². The summed E-state index contributed by atoms with van der Waals surface area (Å²) in [6, 6.07) is 10.6. The summed E-state index contributed by atoms with van der Waals surface area (Å²) in [5, 5.41) is 3.34. The van der Waals surface area contributed by atoms with E-state index in [1.807, 2.05) is 0 Å². The number of para-hydroxylation sites is 1. The summed E-state index contributed by atoms with van der Waals surface area (Å²) in [5.41, 5.74) is 1.35. The maximum Gasteiger partial charge on any atom is 0.0367 e. The zero-order valence-corrected chi connectivity index (χ0v) is 12.9. The van der Waals surface area contributed by atoms with Crippen LogP contribution in [0.4, 0.5) is 5.69 Å². The third-order valence-electron chi connectivity index (χ3n) is 2.24. The Morgan fingerprint density at radius 1 is 0.938 bits per heavy atom. The first-order valence-corrected chi connectivity index (χ1v) is 4.47. The second-order valence-corrected chi connectivity index (χ2v) is 3.07. The van der Waals surface area contributed by atoms with Crippen molar-refractivity contribution in [3.63, 3.8) is 0 Å². The number of benzene rings is 1. The van der Waals surface area contributed by atoms with Crippen molar-refractivity contribution in [3.8, 4) is 0 Å². The van der Waals surface area contributed by atoms with Crippen LogP contribution in [0.5, 0.6) is 0 Å². The van der Waals surface area contributed by atoms with E-state index < -0.39 is 0 Å². The van der Waals surface area contributed by atoms with Gasteiger partial charge >= 0.3 is 0 Å². The summed E-state index contributed by atoms with van der Waals surface area (Å²) in [4.78, 5) is 2.41. The summed E-state index contributed by atoms with van der Waals surface area (Å²) < 4.78 is 0. The number of hydrogen-bond donors (Lipinski definition) is 2. The van der Waals surface area contributed by atoms with Gasteiger partial charge in [-0.3, -0.25) is 0 Å². The van der Waals surface area contributed by atoms with Crippen LogP contribution in [0.25, 0.3) is 0 Å². The number of nitrogens with zero attached hydrogens (tertiary/aromatic N) is 1.